The van der Waals surface area contributed by atoms with E-state index in [-0.39, 0.29) is 17.9 Å². The zero-order valence-electron chi connectivity index (χ0n) is 11.3. The van der Waals surface area contributed by atoms with Crippen molar-refractivity contribution in [2.24, 2.45) is 11.7 Å². The molecule has 100 valence electrons. The van der Waals surface area contributed by atoms with Gasteiger partial charge >= 0.3 is 0 Å². The van der Waals surface area contributed by atoms with Crippen LogP contribution in [0.25, 0.3) is 0 Å². The standard InChI is InChI=1S/C12H25N3OS/c1-5-6-10(3)14-11(16)8-15(4)7-9(2)12(13)17/h9-10H,5-8H2,1-4H3,(H2,13,17)(H,14,16). The predicted octanol–water partition coefficient (Wildman–Crippen LogP) is 1.15. The lowest BCUT2D eigenvalue weighted by atomic mass is 10.1. The van der Waals surface area contributed by atoms with Crippen LogP contribution >= 0.6 is 12.2 Å². The quantitative estimate of drug-likeness (QED) is 0.642. The third-order valence-corrected chi connectivity index (χ3v) is 3.02. The van der Waals surface area contributed by atoms with Crippen molar-refractivity contribution < 1.29 is 4.79 Å². The molecule has 5 heteroatoms. The molecule has 1 amide bonds. The fraction of sp³-hybridized carbons (Fsp3) is 0.833. The third kappa shape index (κ3) is 8.10. The number of carbonyl (C=O) groups is 1. The summed E-state index contributed by atoms with van der Waals surface area (Å²) in [5.74, 6) is 0.194. The Kier molecular flexibility index (Phi) is 8.08. The van der Waals surface area contributed by atoms with E-state index in [9.17, 15) is 4.79 Å². The summed E-state index contributed by atoms with van der Waals surface area (Å²) in [5.41, 5.74) is 5.54. The van der Waals surface area contributed by atoms with Crippen molar-refractivity contribution in [2.75, 3.05) is 20.1 Å². The van der Waals surface area contributed by atoms with Crippen molar-refractivity contribution in [3.8, 4) is 0 Å². The topological polar surface area (TPSA) is 58.4 Å². The molecule has 0 aromatic heterocycles. The second-order valence-electron chi connectivity index (χ2n) is 4.76. The summed E-state index contributed by atoms with van der Waals surface area (Å²) in [5, 5.41) is 2.97. The normalized spacial score (nSPS) is 14.4. The number of carbonyl (C=O) groups excluding carboxylic acids is 1. The SMILES string of the molecule is CCCC(C)NC(=O)CN(C)CC(C)C(N)=S. The molecule has 2 unspecified atom stereocenters. The van der Waals surface area contributed by atoms with Gasteiger partial charge in [0.1, 0.15) is 0 Å². The maximum absolute atomic E-state index is 11.7. The molecule has 0 aliphatic carbocycles. The molecular formula is C12H25N3OS. The fourth-order valence-electron chi connectivity index (χ4n) is 1.69. The lowest BCUT2D eigenvalue weighted by Crippen LogP contribution is -2.41. The number of rotatable bonds is 8. The van der Waals surface area contributed by atoms with Crippen molar-refractivity contribution in [3.63, 3.8) is 0 Å². The molecule has 0 aliphatic heterocycles. The minimum atomic E-state index is 0.0589. The van der Waals surface area contributed by atoms with Crippen LogP contribution in [0.2, 0.25) is 0 Å². The molecule has 17 heavy (non-hydrogen) atoms. The number of thiocarbonyl (C=S) groups is 1. The number of hydrogen-bond acceptors (Lipinski definition) is 3. The Hall–Kier alpha value is -0.680. The number of nitrogens with two attached hydrogens (primary N) is 1. The third-order valence-electron chi connectivity index (χ3n) is 2.61. The molecule has 0 saturated carbocycles. The first-order valence-electron chi connectivity index (χ1n) is 6.14. The second kappa shape index (κ2) is 8.42. The molecule has 4 nitrogen and oxygen atoms in total. The van der Waals surface area contributed by atoms with Crippen molar-refractivity contribution in [1.29, 1.82) is 0 Å². The molecule has 0 aliphatic rings. The highest BCUT2D eigenvalue weighted by molar-refractivity contribution is 7.80. The van der Waals surface area contributed by atoms with Gasteiger partial charge in [0.25, 0.3) is 0 Å². The molecule has 2 atom stereocenters. The molecule has 0 rings (SSSR count). The van der Waals surface area contributed by atoms with E-state index < -0.39 is 0 Å². The van der Waals surface area contributed by atoms with Crippen LogP contribution < -0.4 is 11.1 Å². The van der Waals surface area contributed by atoms with Gasteiger partial charge in [-0.25, -0.2) is 0 Å². The van der Waals surface area contributed by atoms with Crippen molar-refractivity contribution in [1.82, 2.24) is 10.2 Å². The molecule has 0 heterocycles. The van der Waals surface area contributed by atoms with E-state index in [1.807, 2.05) is 25.8 Å². The van der Waals surface area contributed by atoms with Crippen molar-refractivity contribution in [3.05, 3.63) is 0 Å². The molecule has 0 aromatic rings. The van der Waals surface area contributed by atoms with Crippen LogP contribution in [0.15, 0.2) is 0 Å². The largest absolute Gasteiger partial charge is 0.393 e. The van der Waals surface area contributed by atoms with E-state index in [1.54, 1.807) is 0 Å². The summed E-state index contributed by atoms with van der Waals surface area (Å²) >= 11 is 4.91. The van der Waals surface area contributed by atoms with Crippen LogP contribution in [0.4, 0.5) is 0 Å². The smallest absolute Gasteiger partial charge is 0.234 e. The van der Waals surface area contributed by atoms with Gasteiger partial charge < -0.3 is 11.1 Å². The van der Waals surface area contributed by atoms with E-state index in [4.69, 9.17) is 18.0 Å². The highest BCUT2D eigenvalue weighted by atomic mass is 32.1. The lowest BCUT2D eigenvalue weighted by Gasteiger charge is -2.21. The molecule has 0 aromatic carbocycles. The van der Waals surface area contributed by atoms with Gasteiger partial charge in [-0.3, -0.25) is 9.69 Å². The molecule has 0 fully saturated rings. The van der Waals surface area contributed by atoms with Crippen molar-refractivity contribution >= 4 is 23.1 Å². The fourth-order valence-corrected chi connectivity index (χ4v) is 1.77. The van der Waals surface area contributed by atoms with Gasteiger partial charge in [0, 0.05) is 18.5 Å². The molecular weight excluding hydrogens is 234 g/mol. The first kappa shape index (κ1) is 16.3. The van der Waals surface area contributed by atoms with Gasteiger partial charge in [0.2, 0.25) is 5.91 Å². The van der Waals surface area contributed by atoms with Crippen LogP contribution in [0.3, 0.4) is 0 Å². The van der Waals surface area contributed by atoms with Gasteiger partial charge in [-0.2, -0.15) is 0 Å². The minimum absolute atomic E-state index is 0.0589. The van der Waals surface area contributed by atoms with Crippen LogP contribution in [0.1, 0.15) is 33.6 Å². The van der Waals surface area contributed by atoms with Crippen molar-refractivity contribution in [2.45, 2.75) is 39.7 Å². The van der Waals surface area contributed by atoms with Gasteiger partial charge in [-0.15, -0.1) is 0 Å². The lowest BCUT2D eigenvalue weighted by molar-refractivity contribution is -0.122. The Bertz CT molecular complexity index is 258. The van der Waals surface area contributed by atoms with Crippen LogP contribution in [0, 0.1) is 5.92 Å². The molecule has 0 bridgehead atoms. The zero-order valence-corrected chi connectivity index (χ0v) is 12.1. The maximum Gasteiger partial charge on any atom is 0.234 e. The number of nitrogens with one attached hydrogen (secondary N) is 1. The molecule has 3 N–H and O–H groups in total. The predicted molar refractivity (Wildman–Crippen MR) is 76.0 cm³/mol. The van der Waals surface area contributed by atoms with Crippen LogP contribution in [-0.4, -0.2) is 42.0 Å². The summed E-state index contributed by atoms with van der Waals surface area (Å²) in [6, 6.07) is 0.244. The van der Waals surface area contributed by atoms with Gasteiger partial charge in [0.05, 0.1) is 11.5 Å². The first-order valence-corrected chi connectivity index (χ1v) is 6.54. The maximum atomic E-state index is 11.7. The van der Waals surface area contributed by atoms with E-state index in [2.05, 4.69) is 12.2 Å². The number of hydrogen-bond donors (Lipinski definition) is 2. The summed E-state index contributed by atoms with van der Waals surface area (Å²) in [6.45, 7) is 7.21. The van der Waals surface area contributed by atoms with Gasteiger partial charge in [-0.1, -0.05) is 32.5 Å². The van der Waals surface area contributed by atoms with E-state index >= 15 is 0 Å². The van der Waals surface area contributed by atoms with Crippen LogP contribution in [-0.2, 0) is 4.79 Å². The van der Waals surface area contributed by atoms with E-state index in [0.29, 0.717) is 18.1 Å². The van der Waals surface area contributed by atoms with E-state index in [1.165, 1.54) is 0 Å². The highest BCUT2D eigenvalue weighted by Gasteiger charge is 2.13. The molecule has 0 spiro atoms. The Balaban J connectivity index is 3.91. The monoisotopic (exact) mass is 259 g/mol. The second-order valence-corrected chi connectivity index (χ2v) is 5.23. The summed E-state index contributed by atoms with van der Waals surface area (Å²) in [4.78, 5) is 14.1. The Morgan fingerprint density at radius 1 is 1.47 bits per heavy atom. The van der Waals surface area contributed by atoms with Gasteiger partial charge in [-0.05, 0) is 20.4 Å². The first-order chi connectivity index (χ1) is 7.86. The Morgan fingerprint density at radius 3 is 2.53 bits per heavy atom. The average molecular weight is 259 g/mol. The molecule has 0 radical (unpaired) electrons. The summed E-state index contributed by atoms with van der Waals surface area (Å²) in [7, 11) is 1.90. The van der Waals surface area contributed by atoms with Crippen LogP contribution in [0.5, 0.6) is 0 Å². The highest BCUT2D eigenvalue weighted by Crippen LogP contribution is 1.99. The minimum Gasteiger partial charge on any atom is -0.393 e. The summed E-state index contributed by atoms with van der Waals surface area (Å²) < 4.78 is 0. The Labute approximate surface area is 110 Å². The number of amides is 1. The summed E-state index contributed by atoms with van der Waals surface area (Å²) in [6.07, 6.45) is 2.09. The molecule has 0 saturated heterocycles. The zero-order chi connectivity index (χ0) is 13.4. The average Bonchev–Trinajstić information content (AvgIpc) is 2.16. The van der Waals surface area contributed by atoms with Gasteiger partial charge in [0.15, 0.2) is 0 Å². The number of likely N-dealkylation sites (N-methyl/N-ethyl adjacent to an activating group) is 1. The van der Waals surface area contributed by atoms with E-state index in [0.717, 1.165) is 12.8 Å². The number of nitrogens with zero attached hydrogens (tertiary/aromatic N) is 1. The Morgan fingerprint density at radius 2 is 2.06 bits per heavy atom.